The van der Waals surface area contributed by atoms with E-state index in [9.17, 15) is 4.79 Å². The molecule has 0 radical (unpaired) electrons. The molecule has 1 aromatic carbocycles. The van der Waals surface area contributed by atoms with E-state index in [1.54, 1.807) is 0 Å². The number of amides is 1. The first-order valence-corrected chi connectivity index (χ1v) is 6.15. The molecule has 2 rings (SSSR count). The lowest BCUT2D eigenvalue weighted by Gasteiger charge is -2.12. The van der Waals surface area contributed by atoms with Crippen molar-refractivity contribution in [1.82, 2.24) is 0 Å². The highest BCUT2D eigenvalue weighted by atomic mass is 79.9. The van der Waals surface area contributed by atoms with Crippen LogP contribution in [0.25, 0.3) is 0 Å². The average Bonchev–Trinajstić information content (AvgIpc) is 2.76. The maximum Gasteiger partial charge on any atom is 0.253 e. The van der Waals surface area contributed by atoms with Gasteiger partial charge in [-0.3, -0.25) is 4.79 Å². The van der Waals surface area contributed by atoms with Gasteiger partial charge in [-0.05, 0) is 53.4 Å². The van der Waals surface area contributed by atoms with Gasteiger partial charge in [0.15, 0.2) is 0 Å². The SMILES string of the molecule is Cc1ccc(Br)c(NC(=O)[C@H]2CCCO2)c1. The van der Waals surface area contributed by atoms with Crippen LogP contribution < -0.4 is 5.32 Å². The highest BCUT2D eigenvalue weighted by Crippen LogP contribution is 2.24. The highest BCUT2D eigenvalue weighted by molar-refractivity contribution is 9.10. The Labute approximate surface area is 103 Å². The molecule has 4 heteroatoms. The Balaban J connectivity index is 2.07. The zero-order valence-electron chi connectivity index (χ0n) is 9.13. The summed E-state index contributed by atoms with van der Waals surface area (Å²) in [7, 11) is 0. The van der Waals surface area contributed by atoms with Crippen LogP contribution in [0.15, 0.2) is 22.7 Å². The third kappa shape index (κ3) is 2.62. The largest absolute Gasteiger partial charge is 0.368 e. The van der Waals surface area contributed by atoms with Crippen LogP contribution in [0.2, 0.25) is 0 Å². The van der Waals surface area contributed by atoms with E-state index >= 15 is 0 Å². The summed E-state index contributed by atoms with van der Waals surface area (Å²) in [5, 5.41) is 2.88. The molecule has 86 valence electrons. The maximum absolute atomic E-state index is 11.8. The summed E-state index contributed by atoms with van der Waals surface area (Å²) in [6.07, 6.45) is 1.50. The van der Waals surface area contributed by atoms with E-state index in [-0.39, 0.29) is 12.0 Å². The van der Waals surface area contributed by atoms with Crippen molar-refractivity contribution in [3.8, 4) is 0 Å². The number of carbonyl (C=O) groups is 1. The quantitative estimate of drug-likeness (QED) is 0.906. The molecule has 1 atom stereocenters. The number of hydrogen-bond acceptors (Lipinski definition) is 2. The van der Waals surface area contributed by atoms with Gasteiger partial charge in [0.2, 0.25) is 0 Å². The van der Waals surface area contributed by atoms with E-state index in [0.717, 1.165) is 28.6 Å². The first-order valence-electron chi connectivity index (χ1n) is 5.35. The van der Waals surface area contributed by atoms with Crippen LogP contribution in [0.5, 0.6) is 0 Å². The van der Waals surface area contributed by atoms with Gasteiger partial charge < -0.3 is 10.1 Å². The normalized spacial score (nSPS) is 19.8. The summed E-state index contributed by atoms with van der Waals surface area (Å²) in [5.74, 6) is -0.0520. The number of hydrogen-bond donors (Lipinski definition) is 1. The Kier molecular flexibility index (Phi) is 3.61. The van der Waals surface area contributed by atoms with Gasteiger partial charge in [-0.2, -0.15) is 0 Å². The van der Waals surface area contributed by atoms with Gasteiger partial charge in [0.05, 0.1) is 5.69 Å². The average molecular weight is 284 g/mol. The molecule has 1 heterocycles. The van der Waals surface area contributed by atoms with Gasteiger partial charge in [0.25, 0.3) is 5.91 Å². The maximum atomic E-state index is 11.8. The minimum atomic E-state index is -0.285. The summed E-state index contributed by atoms with van der Waals surface area (Å²) in [5.41, 5.74) is 1.92. The number of halogens is 1. The smallest absolute Gasteiger partial charge is 0.253 e. The van der Waals surface area contributed by atoms with E-state index < -0.39 is 0 Å². The summed E-state index contributed by atoms with van der Waals surface area (Å²) in [6, 6.07) is 5.86. The number of rotatable bonds is 2. The molecule has 3 nitrogen and oxygen atoms in total. The Morgan fingerprint density at radius 2 is 2.38 bits per heavy atom. The van der Waals surface area contributed by atoms with Gasteiger partial charge in [-0.15, -0.1) is 0 Å². The summed E-state index contributed by atoms with van der Waals surface area (Å²) in [6.45, 7) is 2.68. The molecule has 1 aromatic rings. The van der Waals surface area contributed by atoms with Crippen molar-refractivity contribution in [3.05, 3.63) is 28.2 Å². The van der Waals surface area contributed by atoms with Gasteiger partial charge in [0.1, 0.15) is 6.10 Å². The van der Waals surface area contributed by atoms with Crippen molar-refractivity contribution < 1.29 is 9.53 Å². The van der Waals surface area contributed by atoms with Crippen LogP contribution in [0, 0.1) is 6.92 Å². The number of benzene rings is 1. The molecule has 1 aliphatic rings. The van der Waals surface area contributed by atoms with Crippen molar-refractivity contribution in [2.45, 2.75) is 25.9 Å². The first-order chi connectivity index (χ1) is 7.66. The molecule has 1 amide bonds. The second-order valence-corrected chi connectivity index (χ2v) is 4.83. The lowest BCUT2D eigenvalue weighted by molar-refractivity contribution is -0.124. The van der Waals surface area contributed by atoms with Crippen LogP contribution >= 0.6 is 15.9 Å². The van der Waals surface area contributed by atoms with E-state index in [1.165, 1.54) is 0 Å². The molecule has 1 fully saturated rings. The van der Waals surface area contributed by atoms with Gasteiger partial charge in [-0.1, -0.05) is 6.07 Å². The van der Waals surface area contributed by atoms with Gasteiger partial charge in [0, 0.05) is 11.1 Å². The van der Waals surface area contributed by atoms with Crippen molar-refractivity contribution >= 4 is 27.5 Å². The first kappa shape index (κ1) is 11.6. The monoisotopic (exact) mass is 283 g/mol. The lowest BCUT2D eigenvalue weighted by Crippen LogP contribution is -2.27. The molecule has 0 aromatic heterocycles. The second kappa shape index (κ2) is 4.97. The number of carbonyl (C=O) groups excluding carboxylic acids is 1. The fourth-order valence-electron chi connectivity index (χ4n) is 1.73. The molecule has 1 N–H and O–H groups in total. The number of anilines is 1. The Morgan fingerprint density at radius 1 is 1.56 bits per heavy atom. The van der Waals surface area contributed by atoms with Crippen molar-refractivity contribution in [1.29, 1.82) is 0 Å². The van der Waals surface area contributed by atoms with Crippen LogP contribution in [0.3, 0.4) is 0 Å². The fraction of sp³-hybridized carbons (Fsp3) is 0.417. The van der Waals surface area contributed by atoms with Gasteiger partial charge >= 0.3 is 0 Å². The minimum Gasteiger partial charge on any atom is -0.368 e. The summed E-state index contributed by atoms with van der Waals surface area (Å²) >= 11 is 3.41. The predicted octanol–water partition coefficient (Wildman–Crippen LogP) is 2.88. The van der Waals surface area contributed by atoms with E-state index in [1.807, 2.05) is 25.1 Å². The molecule has 0 bridgehead atoms. The molecule has 0 unspecified atom stereocenters. The van der Waals surface area contributed by atoms with E-state index in [0.29, 0.717) is 6.61 Å². The Hall–Kier alpha value is -0.870. The Bertz CT molecular complexity index is 400. The zero-order chi connectivity index (χ0) is 11.5. The molecule has 0 spiro atoms. The Morgan fingerprint density at radius 3 is 3.06 bits per heavy atom. The third-order valence-corrected chi connectivity index (χ3v) is 3.29. The topological polar surface area (TPSA) is 38.3 Å². The number of aryl methyl sites for hydroxylation is 1. The highest BCUT2D eigenvalue weighted by Gasteiger charge is 2.23. The summed E-state index contributed by atoms with van der Waals surface area (Å²) < 4.78 is 6.22. The van der Waals surface area contributed by atoms with Crippen LogP contribution in [0.1, 0.15) is 18.4 Å². The second-order valence-electron chi connectivity index (χ2n) is 3.97. The molecule has 1 saturated heterocycles. The number of nitrogens with one attached hydrogen (secondary N) is 1. The minimum absolute atomic E-state index is 0.0520. The summed E-state index contributed by atoms with van der Waals surface area (Å²) in [4.78, 5) is 11.8. The molecule has 0 saturated carbocycles. The van der Waals surface area contributed by atoms with E-state index in [2.05, 4.69) is 21.2 Å². The molecular weight excluding hydrogens is 270 g/mol. The third-order valence-electron chi connectivity index (χ3n) is 2.60. The molecule has 1 aliphatic heterocycles. The van der Waals surface area contributed by atoms with Crippen LogP contribution in [0.4, 0.5) is 5.69 Å². The van der Waals surface area contributed by atoms with Crippen LogP contribution in [-0.2, 0) is 9.53 Å². The van der Waals surface area contributed by atoms with Crippen LogP contribution in [-0.4, -0.2) is 18.6 Å². The molecule has 16 heavy (non-hydrogen) atoms. The van der Waals surface area contributed by atoms with Crippen molar-refractivity contribution in [2.24, 2.45) is 0 Å². The standard InChI is InChI=1S/C12H14BrNO2/c1-8-4-5-9(13)10(7-8)14-12(15)11-3-2-6-16-11/h4-5,7,11H,2-3,6H2,1H3,(H,14,15)/t11-/m1/s1. The number of ether oxygens (including phenoxy) is 1. The lowest BCUT2D eigenvalue weighted by atomic mass is 10.2. The van der Waals surface area contributed by atoms with Crippen molar-refractivity contribution in [2.75, 3.05) is 11.9 Å². The van der Waals surface area contributed by atoms with E-state index in [4.69, 9.17) is 4.74 Å². The fourth-order valence-corrected chi connectivity index (χ4v) is 2.08. The molecular formula is C12H14BrNO2. The van der Waals surface area contributed by atoms with Crippen molar-refractivity contribution in [3.63, 3.8) is 0 Å². The molecule has 0 aliphatic carbocycles. The zero-order valence-corrected chi connectivity index (χ0v) is 10.7. The van der Waals surface area contributed by atoms with Gasteiger partial charge in [-0.25, -0.2) is 0 Å². The predicted molar refractivity (Wildman–Crippen MR) is 66.5 cm³/mol.